The van der Waals surface area contributed by atoms with Crippen LogP contribution in [-0.4, -0.2) is 12.7 Å². The number of fused-ring (bicyclic) bond motifs is 1. The first-order chi connectivity index (χ1) is 6.68. The molecule has 0 aliphatic carbocycles. The minimum atomic E-state index is 0.155. The third-order valence-corrected chi connectivity index (χ3v) is 2.42. The molecule has 76 valence electrons. The zero-order valence-corrected chi connectivity index (χ0v) is 8.91. The van der Waals surface area contributed by atoms with E-state index in [2.05, 4.69) is 19.9 Å². The number of hydrogen-bond donors (Lipinski definition) is 0. The van der Waals surface area contributed by atoms with Crippen molar-refractivity contribution in [1.29, 1.82) is 0 Å². The van der Waals surface area contributed by atoms with Crippen molar-refractivity contribution in [2.45, 2.75) is 32.8 Å². The summed E-state index contributed by atoms with van der Waals surface area (Å²) in [5.74, 6) is 2.29. The maximum atomic E-state index is 5.80. The summed E-state index contributed by atoms with van der Waals surface area (Å²) in [5, 5.41) is 0. The Morgan fingerprint density at radius 1 is 1.36 bits per heavy atom. The molecule has 0 saturated heterocycles. The Balaban J connectivity index is 2.43. The van der Waals surface area contributed by atoms with Gasteiger partial charge >= 0.3 is 0 Å². The largest absolute Gasteiger partial charge is 0.486 e. The molecule has 1 atom stereocenters. The maximum Gasteiger partial charge on any atom is 0.165 e. The average Bonchev–Trinajstić information content (AvgIpc) is 2.16. The van der Waals surface area contributed by atoms with Crippen molar-refractivity contribution in [3.63, 3.8) is 0 Å². The monoisotopic (exact) mass is 192 g/mol. The van der Waals surface area contributed by atoms with Crippen LogP contribution in [0.15, 0.2) is 18.2 Å². The highest BCUT2D eigenvalue weighted by Gasteiger charge is 2.21. The van der Waals surface area contributed by atoms with Gasteiger partial charge in [0.15, 0.2) is 11.5 Å². The Hall–Kier alpha value is -1.18. The summed E-state index contributed by atoms with van der Waals surface area (Å²) in [6, 6.07) is 6.09. The van der Waals surface area contributed by atoms with Crippen LogP contribution < -0.4 is 9.47 Å². The molecule has 14 heavy (non-hydrogen) atoms. The van der Waals surface area contributed by atoms with Gasteiger partial charge in [0.2, 0.25) is 0 Å². The Kier molecular flexibility index (Phi) is 2.36. The lowest BCUT2D eigenvalue weighted by atomic mass is 10.0. The average molecular weight is 192 g/mol. The molecule has 0 saturated carbocycles. The van der Waals surface area contributed by atoms with Crippen LogP contribution in [0.2, 0.25) is 0 Å². The number of para-hydroxylation sites is 1. The third-order valence-electron chi connectivity index (χ3n) is 2.42. The SMILES string of the molecule is CC1COc2cccc(C(C)C)c2O1. The summed E-state index contributed by atoms with van der Waals surface area (Å²) in [4.78, 5) is 0. The van der Waals surface area contributed by atoms with Crippen LogP contribution in [-0.2, 0) is 0 Å². The zero-order valence-electron chi connectivity index (χ0n) is 8.91. The second kappa shape index (κ2) is 3.52. The van der Waals surface area contributed by atoms with E-state index in [1.54, 1.807) is 0 Å². The summed E-state index contributed by atoms with van der Waals surface area (Å²) in [7, 11) is 0. The van der Waals surface area contributed by atoms with Gasteiger partial charge in [0.25, 0.3) is 0 Å². The molecular weight excluding hydrogens is 176 g/mol. The Bertz CT molecular complexity index is 331. The molecule has 0 spiro atoms. The zero-order chi connectivity index (χ0) is 10.1. The van der Waals surface area contributed by atoms with E-state index in [1.165, 1.54) is 5.56 Å². The molecule has 0 fully saturated rings. The van der Waals surface area contributed by atoms with Crippen LogP contribution in [0, 0.1) is 0 Å². The van der Waals surface area contributed by atoms with E-state index < -0.39 is 0 Å². The second-order valence-corrected chi connectivity index (χ2v) is 4.07. The van der Waals surface area contributed by atoms with Crippen LogP contribution in [0.25, 0.3) is 0 Å². The van der Waals surface area contributed by atoms with Gasteiger partial charge in [0.05, 0.1) is 0 Å². The molecule has 2 rings (SSSR count). The van der Waals surface area contributed by atoms with Crippen LogP contribution >= 0.6 is 0 Å². The lowest BCUT2D eigenvalue weighted by Crippen LogP contribution is -2.26. The van der Waals surface area contributed by atoms with E-state index >= 15 is 0 Å². The van der Waals surface area contributed by atoms with E-state index in [0.29, 0.717) is 12.5 Å². The lowest BCUT2D eigenvalue weighted by Gasteiger charge is -2.26. The molecule has 2 nitrogen and oxygen atoms in total. The molecule has 1 aromatic carbocycles. The smallest absolute Gasteiger partial charge is 0.165 e. The fourth-order valence-corrected chi connectivity index (χ4v) is 1.67. The topological polar surface area (TPSA) is 18.5 Å². The predicted molar refractivity (Wildman–Crippen MR) is 56.1 cm³/mol. The van der Waals surface area contributed by atoms with Crippen molar-refractivity contribution in [2.75, 3.05) is 6.61 Å². The molecule has 0 amide bonds. The molecule has 0 bridgehead atoms. The number of rotatable bonds is 1. The van der Waals surface area contributed by atoms with Gasteiger partial charge in [-0.25, -0.2) is 0 Å². The van der Waals surface area contributed by atoms with Crippen molar-refractivity contribution < 1.29 is 9.47 Å². The van der Waals surface area contributed by atoms with Gasteiger partial charge in [-0.2, -0.15) is 0 Å². The van der Waals surface area contributed by atoms with Crippen molar-refractivity contribution in [2.24, 2.45) is 0 Å². The minimum absolute atomic E-state index is 0.155. The highest BCUT2D eigenvalue weighted by atomic mass is 16.6. The highest BCUT2D eigenvalue weighted by molar-refractivity contribution is 5.48. The summed E-state index contributed by atoms with van der Waals surface area (Å²) in [5.41, 5.74) is 1.23. The molecule has 1 aliphatic heterocycles. The van der Waals surface area contributed by atoms with Gasteiger partial charge in [-0.3, -0.25) is 0 Å². The van der Waals surface area contributed by atoms with Gasteiger partial charge < -0.3 is 9.47 Å². The maximum absolute atomic E-state index is 5.80. The van der Waals surface area contributed by atoms with Gasteiger partial charge in [-0.1, -0.05) is 26.0 Å². The van der Waals surface area contributed by atoms with E-state index in [0.717, 1.165) is 11.5 Å². The number of hydrogen-bond acceptors (Lipinski definition) is 2. The summed E-state index contributed by atoms with van der Waals surface area (Å²) in [6.07, 6.45) is 0.155. The summed E-state index contributed by atoms with van der Waals surface area (Å²) in [6.45, 7) is 7.01. The molecule has 1 aromatic rings. The van der Waals surface area contributed by atoms with Gasteiger partial charge in [0.1, 0.15) is 12.7 Å². The first kappa shape index (κ1) is 9.38. The van der Waals surface area contributed by atoms with E-state index in [1.807, 2.05) is 19.1 Å². The fraction of sp³-hybridized carbons (Fsp3) is 0.500. The van der Waals surface area contributed by atoms with Crippen LogP contribution in [0.5, 0.6) is 11.5 Å². The van der Waals surface area contributed by atoms with E-state index in [9.17, 15) is 0 Å². The molecule has 1 unspecified atom stereocenters. The molecule has 0 N–H and O–H groups in total. The van der Waals surface area contributed by atoms with Crippen molar-refractivity contribution in [3.05, 3.63) is 23.8 Å². The standard InChI is InChI=1S/C12H16O2/c1-8(2)10-5-4-6-11-12(10)14-9(3)7-13-11/h4-6,8-9H,7H2,1-3H3. The van der Waals surface area contributed by atoms with E-state index in [4.69, 9.17) is 9.47 Å². The Labute approximate surface area is 84.8 Å². The van der Waals surface area contributed by atoms with Crippen LogP contribution in [0.3, 0.4) is 0 Å². The van der Waals surface area contributed by atoms with Crippen molar-refractivity contribution >= 4 is 0 Å². The van der Waals surface area contributed by atoms with Crippen LogP contribution in [0.4, 0.5) is 0 Å². The summed E-state index contributed by atoms with van der Waals surface area (Å²) < 4.78 is 11.4. The van der Waals surface area contributed by atoms with Gasteiger partial charge in [-0.05, 0) is 18.9 Å². The molecule has 0 radical (unpaired) electrons. The van der Waals surface area contributed by atoms with Gasteiger partial charge in [0, 0.05) is 5.56 Å². The quantitative estimate of drug-likeness (QED) is 0.681. The van der Waals surface area contributed by atoms with Crippen LogP contribution in [0.1, 0.15) is 32.3 Å². The Morgan fingerprint density at radius 2 is 2.14 bits per heavy atom. The molecular formula is C12H16O2. The predicted octanol–water partition coefficient (Wildman–Crippen LogP) is 2.97. The molecule has 2 heteroatoms. The normalized spacial score (nSPS) is 19.9. The Morgan fingerprint density at radius 3 is 2.86 bits per heavy atom. The van der Waals surface area contributed by atoms with E-state index in [-0.39, 0.29) is 6.10 Å². The molecule has 0 aromatic heterocycles. The second-order valence-electron chi connectivity index (χ2n) is 4.07. The first-order valence-corrected chi connectivity index (χ1v) is 5.11. The first-order valence-electron chi connectivity index (χ1n) is 5.11. The fourth-order valence-electron chi connectivity index (χ4n) is 1.67. The number of ether oxygens (including phenoxy) is 2. The number of benzene rings is 1. The van der Waals surface area contributed by atoms with Gasteiger partial charge in [-0.15, -0.1) is 0 Å². The van der Waals surface area contributed by atoms with Crippen molar-refractivity contribution in [3.8, 4) is 11.5 Å². The molecule has 1 heterocycles. The summed E-state index contributed by atoms with van der Waals surface area (Å²) >= 11 is 0. The minimum Gasteiger partial charge on any atom is -0.486 e. The third kappa shape index (κ3) is 1.57. The highest BCUT2D eigenvalue weighted by Crippen LogP contribution is 2.38. The molecule has 1 aliphatic rings. The van der Waals surface area contributed by atoms with Crippen molar-refractivity contribution in [1.82, 2.24) is 0 Å². The lowest BCUT2D eigenvalue weighted by molar-refractivity contribution is 0.102.